The van der Waals surface area contributed by atoms with Gasteiger partial charge in [-0.2, -0.15) is 0 Å². The van der Waals surface area contributed by atoms with Gasteiger partial charge in [0, 0.05) is 19.4 Å². The van der Waals surface area contributed by atoms with E-state index < -0.39 is 37.3 Å². The lowest BCUT2D eigenvalue weighted by molar-refractivity contribution is -0.299. The summed E-state index contributed by atoms with van der Waals surface area (Å²) in [5, 5.41) is 40.7. The summed E-state index contributed by atoms with van der Waals surface area (Å²) in [7, 11) is 0. The van der Waals surface area contributed by atoms with Crippen LogP contribution in [0, 0.1) is 0 Å². The van der Waals surface area contributed by atoms with Gasteiger partial charge in [0.15, 0.2) is 12.1 Å². The van der Waals surface area contributed by atoms with Gasteiger partial charge in [0.25, 0.3) is 0 Å². The topological polar surface area (TPSA) is 146 Å². The van der Waals surface area contributed by atoms with Gasteiger partial charge in [-0.15, -0.1) is 0 Å². The number of rotatable bonds is 10. The number of aliphatic hydroxyl groups is 4. The SMILES string of the molecule is CCNC(=O)CCCCC(=O)CO[C@H]1O[C@H](CO)[C@@H](O)[C@H](O)[C@@H]1O. The highest BCUT2D eigenvalue weighted by Gasteiger charge is 2.44. The van der Waals surface area contributed by atoms with Crippen molar-refractivity contribution in [3.05, 3.63) is 0 Å². The fourth-order valence-corrected chi connectivity index (χ4v) is 2.35. The van der Waals surface area contributed by atoms with Crippen LogP contribution in [-0.2, 0) is 19.1 Å². The van der Waals surface area contributed by atoms with Crippen molar-refractivity contribution in [2.45, 2.75) is 63.3 Å². The number of aliphatic hydroxyl groups excluding tert-OH is 4. The van der Waals surface area contributed by atoms with Crippen molar-refractivity contribution in [3.8, 4) is 0 Å². The summed E-state index contributed by atoms with van der Waals surface area (Å²) in [4.78, 5) is 23.0. The van der Waals surface area contributed by atoms with Crippen LogP contribution in [0.3, 0.4) is 0 Å². The van der Waals surface area contributed by atoms with Gasteiger partial charge in [-0.3, -0.25) is 9.59 Å². The Morgan fingerprint density at radius 1 is 1.08 bits per heavy atom. The van der Waals surface area contributed by atoms with Crippen molar-refractivity contribution in [1.82, 2.24) is 5.32 Å². The van der Waals surface area contributed by atoms with Crippen LogP contribution in [0.2, 0.25) is 0 Å². The predicted molar refractivity (Wildman–Crippen MR) is 81.9 cm³/mol. The summed E-state index contributed by atoms with van der Waals surface area (Å²) in [5.74, 6) is -0.287. The zero-order valence-electron chi connectivity index (χ0n) is 13.8. The van der Waals surface area contributed by atoms with E-state index in [4.69, 9.17) is 14.6 Å². The van der Waals surface area contributed by atoms with E-state index in [-0.39, 0.29) is 24.7 Å². The van der Waals surface area contributed by atoms with Crippen LogP contribution in [0.25, 0.3) is 0 Å². The molecule has 0 spiro atoms. The molecule has 5 atom stereocenters. The Balaban J connectivity index is 2.27. The molecule has 0 aromatic heterocycles. The normalized spacial score (nSPS) is 30.1. The molecule has 0 saturated carbocycles. The Morgan fingerprint density at radius 2 is 1.75 bits per heavy atom. The largest absolute Gasteiger partial charge is 0.394 e. The van der Waals surface area contributed by atoms with E-state index in [1.54, 1.807) is 0 Å². The number of ether oxygens (including phenoxy) is 2. The molecule has 0 radical (unpaired) electrons. The number of hydrogen-bond donors (Lipinski definition) is 5. The van der Waals surface area contributed by atoms with Gasteiger partial charge in [-0.25, -0.2) is 0 Å². The minimum absolute atomic E-state index is 0.0532. The van der Waals surface area contributed by atoms with E-state index in [1.807, 2.05) is 6.92 Å². The Hall–Kier alpha value is -1.10. The molecule has 0 aromatic carbocycles. The van der Waals surface area contributed by atoms with E-state index in [1.165, 1.54) is 0 Å². The van der Waals surface area contributed by atoms with Gasteiger partial charge in [0.05, 0.1) is 6.61 Å². The molecule has 0 aliphatic carbocycles. The van der Waals surface area contributed by atoms with Gasteiger partial charge >= 0.3 is 0 Å². The summed E-state index contributed by atoms with van der Waals surface area (Å²) < 4.78 is 10.3. The van der Waals surface area contributed by atoms with Crippen LogP contribution in [0.1, 0.15) is 32.6 Å². The van der Waals surface area contributed by atoms with E-state index in [9.17, 15) is 24.9 Å². The number of nitrogens with one attached hydrogen (secondary N) is 1. The molecule has 1 rings (SSSR count). The summed E-state index contributed by atoms with van der Waals surface area (Å²) in [6.45, 7) is 1.52. The van der Waals surface area contributed by atoms with E-state index in [2.05, 4.69) is 5.32 Å². The molecule has 1 fully saturated rings. The minimum Gasteiger partial charge on any atom is -0.394 e. The first kappa shape index (κ1) is 20.9. The van der Waals surface area contributed by atoms with Gasteiger partial charge in [-0.1, -0.05) is 0 Å². The maximum absolute atomic E-state index is 11.7. The third-order valence-electron chi connectivity index (χ3n) is 3.74. The van der Waals surface area contributed by atoms with E-state index >= 15 is 0 Å². The molecule has 1 saturated heterocycles. The number of amides is 1. The first-order chi connectivity index (χ1) is 11.4. The van der Waals surface area contributed by atoms with Gasteiger partial charge in [0.1, 0.15) is 31.0 Å². The van der Waals surface area contributed by atoms with Crippen LogP contribution in [-0.4, -0.2) is 82.6 Å². The Bertz CT molecular complexity index is 403. The lowest BCUT2D eigenvalue weighted by Crippen LogP contribution is -2.59. The second-order valence-corrected chi connectivity index (χ2v) is 5.71. The second-order valence-electron chi connectivity index (χ2n) is 5.71. The molecule has 140 valence electrons. The number of hydrogen-bond acceptors (Lipinski definition) is 8. The quantitative estimate of drug-likeness (QED) is 0.287. The standard InChI is InChI=1S/C15H27NO8/c1-2-16-11(19)6-4-3-5-9(18)8-23-15-14(22)13(21)12(20)10(7-17)24-15/h10,12-15,17,20-22H,2-8H2,1H3,(H,16,19)/t10-,12-,13+,14+,15+/m1/s1. The molecule has 5 N–H and O–H groups in total. The van der Waals surface area contributed by atoms with Crippen molar-refractivity contribution in [1.29, 1.82) is 0 Å². The number of Topliss-reactive ketones (excluding diaryl/α,β-unsaturated/α-hetero) is 1. The first-order valence-corrected chi connectivity index (χ1v) is 8.11. The molecule has 24 heavy (non-hydrogen) atoms. The molecular formula is C15H27NO8. The lowest BCUT2D eigenvalue weighted by atomic mass is 9.99. The maximum Gasteiger partial charge on any atom is 0.219 e. The van der Waals surface area contributed by atoms with Crippen LogP contribution < -0.4 is 5.32 Å². The minimum atomic E-state index is -1.53. The average molecular weight is 349 g/mol. The number of unbranched alkanes of at least 4 members (excludes halogenated alkanes) is 1. The summed E-state index contributed by atoms with van der Waals surface area (Å²) >= 11 is 0. The molecule has 1 heterocycles. The molecule has 9 nitrogen and oxygen atoms in total. The smallest absolute Gasteiger partial charge is 0.219 e. The lowest BCUT2D eigenvalue weighted by Gasteiger charge is -2.39. The summed E-state index contributed by atoms with van der Waals surface area (Å²) in [5.41, 5.74) is 0. The molecule has 1 aliphatic rings. The number of ketones is 1. The average Bonchev–Trinajstić information content (AvgIpc) is 2.56. The molecular weight excluding hydrogens is 322 g/mol. The van der Waals surface area contributed by atoms with Gasteiger partial charge in [-0.05, 0) is 19.8 Å². The highest BCUT2D eigenvalue weighted by Crippen LogP contribution is 2.21. The number of carbonyl (C=O) groups is 2. The molecule has 9 heteroatoms. The van der Waals surface area contributed by atoms with Crippen LogP contribution in [0.15, 0.2) is 0 Å². The fourth-order valence-electron chi connectivity index (χ4n) is 2.35. The van der Waals surface area contributed by atoms with Gasteiger partial charge in [0.2, 0.25) is 5.91 Å². The molecule has 1 aliphatic heterocycles. The van der Waals surface area contributed by atoms with Crippen molar-refractivity contribution in [2.75, 3.05) is 19.8 Å². The third kappa shape index (κ3) is 6.42. The van der Waals surface area contributed by atoms with Gasteiger partial charge < -0.3 is 35.2 Å². The highest BCUT2D eigenvalue weighted by atomic mass is 16.7. The zero-order valence-corrected chi connectivity index (χ0v) is 13.8. The Kier molecular flexibility index (Phi) is 9.34. The van der Waals surface area contributed by atoms with E-state index in [0.717, 1.165) is 0 Å². The van der Waals surface area contributed by atoms with Crippen molar-refractivity contribution in [2.24, 2.45) is 0 Å². The maximum atomic E-state index is 11.7. The molecule has 1 amide bonds. The predicted octanol–water partition coefficient (Wildman–Crippen LogP) is -1.93. The second kappa shape index (κ2) is 10.7. The fraction of sp³-hybridized carbons (Fsp3) is 0.867. The Labute approximate surface area is 140 Å². The molecule has 0 aromatic rings. The van der Waals surface area contributed by atoms with Crippen LogP contribution in [0.4, 0.5) is 0 Å². The summed E-state index contributed by atoms with van der Waals surface area (Å²) in [6, 6.07) is 0. The van der Waals surface area contributed by atoms with Crippen molar-refractivity contribution < 1.29 is 39.5 Å². The van der Waals surface area contributed by atoms with Crippen molar-refractivity contribution >= 4 is 11.7 Å². The third-order valence-corrected chi connectivity index (χ3v) is 3.74. The van der Waals surface area contributed by atoms with Crippen LogP contribution >= 0.6 is 0 Å². The number of carbonyl (C=O) groups excluding carboxylic acids is 2. The summed E-state index contributed by atoms with van der Waals surface area (Å²) in [6.07, 6.45) is -5.20. The van der Waals surface area contributed by atoms with Crippen LogP contribution in [0.5, 0.6) is 0 Å². The zero-order chi connectivity index (χ0) is 18.1. The Morgan fingerprint density at radius 3 is 2.38 bits per heavy atom. The van der Waals surface area contributed by atoms with Crippen molar-refractivity contribution in [3.63, 3.8) is 0 Å². The molecule has 0 unspecified atom stereocenters. The first-order valence-electron chi connectivity index (χ1n) is 8.11. The monoisotopic (exact) mass is 349 g/mol. The molecule has 0 bridgehead atoms. The highest BCUT2D eigenvalue weighted by molar-refractivity contribution is 5.79. The van der Waals surface area contributed by atoms with E-state index in [0.29, 0.717) is 25.8 Å².